The van der Waals surface area contributed by atoms with Crippen molar-refractivity contribution in [1.29, 1.82) is 0 Å². The van der Waals surface area contributed by atoms with E-state index in [1.807, 2.05) is 5.32 Å². The van der Waals surface area contributed by atoms with Crippen molar-refractivity contribution >= 4 is 33.4 Å². The van der Waals surface area contributed by atoms with Crippen LogP contribution in [-0.4, -0.2) is 53.0 Å². The lowest BCUT2D eigenvalue weighted by Gasteiger charge is -2.28. The molecule has 0 spiro atoms. The fraction of sp³-hybridized carbons (Fsp3) is 0.400. The number of thiazole rings is 1. The van der Waals surface area contributed by atoms with Gasteiger partial charge in [0.15, 0.2) is 6.10 Å². The first-order valence-corrected chi connectivity index (χ1v) is 8.07. The van der Waals surface area contributed by atoms with Crippen molar-refractivity contribution in [1.82, 2.24) is 10.3 Å². The van der Waals surface area contributed by atoms with Gasteiger partial charge in [0.25, 0.3) is 0 Å². The van der Waals surface area contributed by atoms with E-state index in [9.17, 15) is 27.9 Å². The third-order valence-electron chi connectivity index (χ3n) is 3.58. The van der Waals surface area contributed by atoms with Gasteiger partial charge in [0.05, 0.1) is 23.2 Å². The van der Waals surface area contributed by atoms with Crippen molar-refractivity contribution in [3.63, 3.8) is 0 Å². The molecule has 0 bridgehead atoms. The molecule has 0 saturated carbocycles. The van der Waals surface area contributed by atoms with Gasteiger partial charge in [-0.05, 0) is 12.1 Å². The molecule has 2 unspecified atom stereocenters. The quantitative estimate of drug-likeness (QED) is 0.661. The second-order valence-electron chi connectivity index (χ2n) is 5.39. The van der Waals surface area contributed by atoms with Gasteiger partial charge in [0, 0.05) is 7.11 Å². The minimum Gasteiger partial charge on any atom is -0.479 e. The first-order valence-electron chi connectivity index (χ1n) is 7.26. The van der Waals surface area contributed by atoms with Gasteiger partial charge in [-0.15, -0.1) is 11.3 Å². The van der Waals surface area contributed by atoms with Gasteiger partial charge in [-0.1, -0.05) is 12.1 Å². The molecule has 11 heteroatoms. The number of para-hydroxylation sites is 1. The van der Waals surface area contributed by atoms with Crippen LogP contribution in [0.3, 0.4) is 0 Å². The summed E-state index contributed by atoms with van der Waals surface area (Å²) in [4.78, 5) is 26.5. The van der Waals surface area contributed by atoms with E-state index in [0.29, 0.717) is 16.0 Å². The van der Waals surface area contributed by atoms with Crippen LogP contribution >= 0.6 is 11.3 Å². The Morgan fingerprint density at radius 2 is 2.00 bits per heavy atom. The lowest BCUT2D eigenvalue weighted by molar-refractivity contribution is -0.267. The van der Waals surface area contributed by atoms with Crippen LogP contribution in [0.5, 0.6) is 0 Å². The normalized spacial score (nSPS) is 15.4. The van der Waals surface area contributed by atoms with E-state index < -0.39 is 47.7 Å². The van der Waals surface area contributed by atoms with Crippen LogP contribution in [0.25, 0.3) is 10.2 Å². The van der Waals surface area contributed by atoms with Crippen LogP contribution in [-0.2, 0) is 19.9 Å². The minimum absolute atomic E-state index is 0.265. The number of benzene rings is 1. The van der Waals surface area contributed by atoms with Gasteiger partial charge in [-0.25, -0.2) is 9.78 Å². The lowest BCUT2D eigenvalue weighted by Crippen LogP contribution is -2.47. The Labute approximate surface area is 149 Å². The summed E-state index contributed by atoms with van der Waals surface area (Å²) in [7, 11) is 1.08. The third-order valence-corrected chi connectivity index (χ3v) is 4.77. The number of aliphatic hydroxyl groups is 1. The first kappa shape index (κ1) is 20.1. The summed E-state index contributed by atoms with van der Waals surface area (Å²) >= 11 is 0.627. The molecule has 0 saturated heterocycles. The van der Waals surface area contributed by atoms with Gasteiger partial charge in [-0.2, -0.15) is 13.2 Å². The molecule has 1 amide bonds. The number of halogens is 3. The van der Waals surface area contributed by atoms with E-state index in [1.54, 1.807) is 18.2 Å². The zero-order chi connectivity index (χ0) is 19.5. The number of amides is 1. The molecule has 0 radical (unpaired) electrons. The van der Waals surface area contributed by atoms with Crippen LogP contribution < -0.4 is 5.32 Å². The summed E-state index contributed by atoms with van der Waals surface area (Å²) in [5, 5.41) is 20.4. The van der Waals surface area contributed by atoms with Crippen molar-refractivity contribution in [3.05, 3.63) is 29.3 Å². The predicted octanol–water partition coefficient (Wildman–Crippen LogP) is 1.65. The number of hydrogen-bond donors (Lipinski definition) is 3. The summed E-state index contributed by atoms with van der Waals surface area (Å²) in [6.45, 7) is -0.543. The number of aromatic nitrogens is 1. The monoisotopic (exact) mass is 392 g/mol. The lowest BCUT2D eigenvalue weighted by atomic mass is 9.99. The highest BCUT2D eigenvalue weighted by molar-refractivity contribution is 7.18. The number of ether oxygens (including phenoxy) is 1. The highest BCUT2D eigenvalue weighted by atomic mass is 32.1. The number of carboxylic acid groups (broad SMARTS) is 1. The number of methoxy groups -OCH3 is 1. The number of alkyl halides is 3. The summed E-state index contributed by atoms with van der Waals surface area (Å²) in [5.41, 5.74) is -3.23. The number of carbonyl (C=O) groups is 2. The third kappa shape index (κ3) is 4.11. The Morgan fingerprint density at radius 3 is 2.54 bits per heavy atom. The number of nitrogens with one attached hydrogen (secondary N) is 1. The van der Waals surface area contributed by atoms with Gasteiger partial charge < -0.3 is 20.3 Å². The van der Waals surface area contributed by atoms with E-state index in [-0.39, 0.29) is 5.52 Å². The topological polar surface area (TPSA) is 109 Å². The summed E-state index contributed by atoms with van der Waals surface area (Å²) in [6.07, 6.45) is -7.93. The number of hydrogen-bond acceptors (Lipinski definition) is 6. The zero-order valence-electron chi connectivity index (χ0n) is 13.4. The standard InChI is InChI=1S/C15H15F3N2O5S/c1-25-9(12(22)23)7-19-11(21)6-14(24,15(16,17)18)13-20-8-4-2-3-5-10(8)26-13/h2-5,9,24H,6-7H2,1H3,(H,19,21)(H,22,23). The fourth-order valence-electron chi connectivity index (χ4n) is 2.12. The number of carboxylic acids is 1. The Bertz CT molecular complexity index is 777. The van der Waals surface area contributed by atoms with Crippen molar-refractivity contribution in [2.45, 2.75) is 24.3 Å². The van der Waals surface area contributed by atoms with Crippen LogP contribution in [0.1, 0.15) is 11.4 Å². The predicted molar refractivity (Wildman–Crippen MR) is 85.6 cm³/mol. The highest BCUT2D eigenvalue weighted by Gasteiger charge is 2.58. The maximum absolute atomic E-state index is 13.5. The molecule has 2 rings (SSSR count). The zero-order valence-corrected chi connectivity index (χ0v) is 14.2. The van der Waals surface area contributed by atoms with Gasteiger partial charge in [-0.3, -0.25) is 4.79 Å². The molecule has 1 heterocycles. The van der Waals surface area contributed by atoms with Crippen molar-refractivity contribution < 1.29 is 37.7 Å². The van der Waals surface area contributed by atoms with Crippen LogP contribution in [0.4, 0.5) is 13.2 Å². The molecule has 26 heavy (non-hydrogen) atoms. The molecule has 0 aliphatic carbocycles. The SMILES string of the molecule is COC(CNC(=O)CC(O)(c1nc2ccccc2s1)C(F)(F)F)C(=O)O. The molecule has 1 aromatic heterocycles. The highest BCUT2D eigenvalue weighted by Crippen LogP contribution is 2.44. The molecular weight excluding hydrogens is 377 g/mol. The summed E-state index contributed by atoms with van der Waals surface area (Å²) < 4.78 is 45.5. The van der Waals surface area contributed by atoms with Crippen LogP contribution in [0, 0.1) is 0 Å². The Kier molecular flexibility index (Phi) is 5.84. The molecule has 1 aromatic carbocycles. The van der Waals surface area contributed by atoms with E-state index in [0.717, 1.165) is 7.11 Å². The fourth-order valence-corrected chi connectivity index (χ4v) is 3.19. The second-order valence-corrected chi connectivity index (χ2v) is 6.42. The summed E-state index contributed by atoms with van der Waals surface area (Å²) in [5.74, 6) is -2.57. The van der Waals surface area contributed by atoms with Crippen LogP contribution in [0.2, 0.25) is 0 Å². The summed E-state index contributed by atoms with van der Waals surface area (Å²) in [6, 6.07) is 6.23. The largest absolute Gasteiger partial charge is 0.479 e. The van der Waals surface area contributed by atoms with E-state index >= 15 is 0 Å². The van der Waals surface area contributed by atoms with Gasteiger partial charge in [0.1, 0.15) is 5.01 Å². The molecule has 0 fully saturated rings. The Hall–Kier alpha value is -2.24. The average molecular weight is 392 g/mol. The van der Waals surface area contributed by atoms with Gasteiger partial charge >= 0.3 is 12.1 Å². The number of carbonyl (C=O) groups excluding carboxylic acids is 1. The number of rotatable bonds is 7. The maximum Gasteiger partial charge on any atom is 0.424 e. The minimum atomic E-state index is -5.16. The molecule has 0 aliphatic rings. The van der Waals surface area contributed by atoms with Gasteiger partial charge in [0.2, 0.25) is 11.5 Å². The molecule has 3 N–H and O–H groups in total. The Morgan fingerprint density at radius 1 is 1.35 bits per heavy atom. The average Bonchev–Trinajstić information content (AvgIpc) is 2.98. The van der Waals surface area contributed by atoms with E-state index in [2.05, 4.69) is 9.72 Å². The maximum atomic E-state index is 13.5. The number of aliphatic carboxylic acids is 1. The molecule has 142 valence electrons. The molecule has 2 atom stereocenters. The number of nitrogens with zero attached hydrogens (tertiary/aromatic N) is 1. The molecule has 0 aliphatic heterocycles. The first-order chi connectivity index (χ1) is 12.1. The van der Waals surface area contributed by atoms with E-state index in [1.165, 1.54) is 6.07 Å². The Balaban J connectivity index is 2.24. The smallest absolute Gasteiger partial charge is 0.424 e. The van der Waals surface area contributed by atoms with Crippen molar-refractivity contribution in [3.8, 4) is 0 Å². The van der Waals surface area contributed by atoms with Crippen molar-refractivity contribution in [2.75, 3.05) is 13.7 Å². The van der Waals surface area contributed by atoms with E-state index in [4.69, 9.17) is 5.11 Å². The molecule has 7 nitrogen and oxygen atoms in total. The van der Waals surface area contributed by atoms with Crippen LogP contribution in [0.15, 0.2) is 24.3 Å². The van der Waals surface area contributed by atoms with Crippen molar-refractivity contribution in [2.24, 2.45) is 0 Å². The molecular formula is C15H15F3N2O5S. The number of fused-ring (bicyclic) bond motifs is 1. The molecule has 2 aromatic rings. The second kappa shape index (κ2) is 7.56.